The first kappa shape index (κ1) is 15.0. The third-order valence-corrected chi connectivity index (χ3v) is 4.86. The fourth-order valence-corrected chi connectivity index (χ4v) is 3.49. The number of nitrogens with zero attached hydrogens (tertiary/aromatic N) is 1. The van der Waals surface area contributed by atoms with E-state index < -0.39 is 17.4 Å². The average Bonchev–Trinajstić information content (AvgIpc) is 2.97. The fourth-order valence-electron chi connectivity index (χ4n) is 2.41. The molecule has 1 saturated heterocycles. The Morgan fingerprint density at radius 2 is 1.91 bits per heavy atom. The molecule has 0 bridgehead atoms. The summed E-state index contributed by atoms with van der Waals surface area (Å²) in [6, 6.07) is 8.56. The molecule has 0 saturated carbocycles. The summed E-state index contributed by atoms with van der Waals surface area (Å²) in [5, 5.41) is 2.68. The molecule has 4 nitrogen and oxygen atoms in total. The van der Waals surface area contributed by atoms with Gasteiger partial charge in [-0.15, -0.1) is 11.3 Å². The number of nitrogens with one attached hydrogen (secondary N) is 1. The zero-order valence-corrected chi connectivity index (χ0v) is 13.2. The van der Waals surface area contributed by atoms with Gasteiger partial charge in [-0.25, -0.2) is 9.18 Å². The molecule has 7 heteroatoms. The lowest BCUT2D eigenvalue weighted by atomic mass is 9.92. The van der Waals surface area contributed by atoms with E-state index in [9.17, 15) is 14.0 Å². The molecule has 2 heterocycles. The van der Waals surface area contributed by atoms with Crippen LogP contribution in [0.4, 0.5) is 9.18 Å². The third kappa shape index (κ3) is 2.48. The van der Waals surface area contributed by atoms with Crippen molar-refractivity contribution in [1.29, 1.82) is 0 Å². The number of imide groups is 1. The Kier molecular flexibility index (Phi) is 3.66. The summed E-state index contributed by atoms with van der Waals surface area (Å²) in [4.78, 5) is 26.8. The number of carbonyl (C=O) groups is 2. The Balaban J connectivity index is 1.88. The van der Waals surface area contributed by atoms with Gasteiger partial charge in [-0.2, -0.15) is 0 Å². The fraction of sp³-hybridized carbons (Fsp3) is 0.200. The Morgan fingerprint density at radius 3 is 2.50 bits per heavy atom. The first-order valence-electron chi connectivity index (χ1n) is 6.54. The van der Waals surface area contributed by atoms with Gasteiger partial charge in [-0.05, 0) is 36.8 Å². The number of urea groups is 1. The van der Waals surface area contributed by atoms with Gasteiger partial charge < -0.3 is 5.32 Å². The number of halogens is 2. The van der Waals surface area contributed by atoms with Crippen LogP contribution in [0.15, 0.2) is 36.4 Å². The Hall–Kier alpha value is -1.92. The molecule has 2 aromatic rings. The van der Waals surface area contributed by atoms with E-state index >= 15 is 0 Å². The molecular formula is C15H12ClFN2O2S. The number of carbonyl (C=O) groups excluding carboxylic acids is 2. The van der Waals surface area contributed by atoms with Crippen molar-refractivity contribution >= 4 is 34.9 Å². The number of hydrogen-bond acceptors (Lipinski definition) is 3. The van der Waals surface area contributed by atoms with E-state index in [1.807, 2.05) is 0 Å². The summed E-state index contributed by atoms with van der Waals surface area (Å²) >= 11 is 7.18. The van der Waals surface area contributed by atoms with Gasteiger partial charge >= 0.3 is 6.03 Å². The molecule has 1 N–H and O–H groups in total. The molecule has 0 unspecified atom stereocenters. The molecule has 22 heavy (non-hydrogen) atoms. The molecule has 1 aliphatic heterocycles. The van der Waals surface area contributed by atoms with Crippen LogP contribution in [0, 0.1) is 5.82 Å². The summed E-state index contributed by atoms with van der Waals surface area (Å²) in [6.45, 7) is 1.78. The number of hydrogen-bond donors (Lipinski definition) is 1. The SMILES string of the molecule is C[C@]1(c2ccc(F)cc2)NC(=O)N(Cc2ccc(Cl)s2)C1=O. The zero-order valence-electron chi connectivity index (χ0n) is 11.6. The lowest BCUT2D eigenvalue weighted by Gasteiger charge is -2.22. The molecular weight excluding hydrogens is 327 g/mol. The van der Waals surface area contributed by atoms with E-state index in [-0.39, 0.29) is 12.5 Å². The molecule has 1 aromatic heterocycles. The van der Waals surface area contributed by atoms with Gasteiger partial charge in [-0.3, -0.25) is 9.69 Å². The van der Waals surface area contributed by atoms with Gasteiger partial charge in [0, 0.05) is 4.88 Å². The van der Waals surface area contributed by atoms with Crippen LogP contribution in [-0.4, -0.2) is 16.8 Å². The Labute approximate surface area is 135 Å². The van der Waals surface area contributed by atoms with E-state index in [1.165, 1.54) is 35.6 Å². The van der Waals surface area contributed by atoms with E-state index in [1.54, 1.807) is 19.1 Å². The second-order valence-electron chi connectivity index (χ2n) is 5.16. The zero-order chi connectivity index (χ0) is 15.9. The maximum absolute atomic E-state index is 13.0. The van der Waals surface area contributed by atoms with Crippen molar-refractivity contribution in [3.05, 3.63) is 57.0 Å². The van der Waals surface area contributed by atoms with Crippen molar-refractivity contribution in [2.45, 2.75) is 19.0 Å². The van der Waals surface area contributed by atoms with Crippen molar-refractivity contribution in [3.63, 3.8) is 0 Å². The monoisotopic (exact) mass is 338 g/mol. The molecule has 1 atom stereocenters. The van der Waals surface area contributed by atoms with Crippen molar-refractivity contribution in [2.75, 3.05) is 0 Å². The number of benzene rings is 1. The van der Waals surface area contributed by atoms with Crippen LogP contribution in [0.5, 0.6) is 0 Å². The molecule has 3 amide bonds. The first-order chi connectivity index (χ1) is 10.4. The van der Waals surface area contributed by atoms with Crippen LogP contribution in [0.1, 0.15) is 17.4 Å². The highest BCUT2D eigenvalue weighted by Gasteiger charge is 2.48. The highest BCUT2D eigenvalue weighted by Crippen LogP contribution is 2.31. The van der Waals surface area contributed by atoms with Crippen LogP contribution < -0.4 is 5.32 Å². The van der Waals surface area contributed by atoms with E-state index in [2.05, 4.69) is 5.32 Å². The van der Waals surface area contributed by atoms with Crippen LogP contribution in [-0.2, 0) is 16.9 Å². The van der Waals surface area contributed by atoms with E-state index in [4.69, 9.17) is 11.6 Å². The number of thiophene rings is 1. The summed E-state index contributed by atoms with van der Waals surface area (Å²) in [5.74, 6) is -0.761. The highest BCUT2D eigenvalue weighted by molar-refractivity contribution is 7.16. The molecule has 0 aliphatic carbocycles. The summed E-state index contributed by atoms with van der Waals surface area (Å²) < 4.78 is 13.6. The average molecular weight is 339 g/mol. The smallest absolute Gasteiger partial charge is 0.319 e. The Bertz CT molecular complexity index is 746. The lowest BCUT2D eigenvalue weighted by molar-refractivity contribution is -0.131. The van der Waals surface area contributed by atoms with Crippen LogP contribution >= 0.6 is 22.9 Å². The molecule has 114 valence electrons. The molecule has 1 aromatic carbocycles. The maximum Gasteiger partial charge on any atom is 0.325 e. The third-order valence-electron chi connectivity index (χ3n) is 3.64. The van der Waals surface area contributed by atoms with E-state index in [0.29, 0.717) is 9.90 Å². The number of rotatable bonds is 3. The normalized spacial score (nSPS) is 21.3. The highest BCUT2D eigenvalue weighted by atomic mass is 35.5. The molecule has 0 spiro atoms. The minimum Gasteiger partial charge on any atom is -0.319 e. The number of amides is 3. The molecule has 1 aliphatic rings. The van der Waals surface area contributed by atoms with Crippen LogP contribution in [0.3, 0.4) is 0 Å². The largest absolute Gasteiger partial charge is 0.325 e. The minimum absolute atomic E-state index is 0.166. The van der Waals surface area contributed by atoms with Gasteiger partial charge in [-0.1, -0.05) is 23.7 Å². The predicted molar refractivity (Wildman–Crippen MR) is 82.2 cm³/mol. The standard InChI is InChI=1S/C15H12ClFN2O2S/c1-15(9-2-4-10(17)5-3-9)13(20)19(14(21)18-15)8-11-6-7-12(16)22-11/h2-7H,8H2,1H3,(H,18,21)/t15-/m1/s1. The van der Waals surface area contributed by atoms with Crippen molar-refractivity contribution < 1.29 is 14.0 Å². The Morgan fingerprint density at radius 1 is 1.23 bits per heavy atom. The maximum atomic E-state index is 13.0. The first-order valence-corrected chi connectivity index (χ1v) is 7.74. The topological polar surface area (TPSA) is 49.4 Å². The lowest BCUT2D eigenvalue weighted by Crippen LogP contribution is -2.40. The minimum atomic E-state index is -1.19. The van der Waals surface area contributed by atoms with Gasteiger partial charge in [0.25, 0.3) is 5.91 Å². The summed E-state index contributed by atoms with van der Waals surface area (Å²) in [5.41, 5.74) is -0.648. The van der Waals surface area contributed by atoms with Gasteiger partial charge in [0.1, 0.15) is 11.4 Å². The van der Waals surface area contributed by atoms with Crippen molar-refractivity contribution in [2.24, 2.45) is 0 Å². The predicted octanol–water partition coefficient (Wildman–Crippen LogP) is 3.51. The molecule has 1 fully saturated rings. The summed E-state index contributed by atoms with van der Waals surface area (Å²) in [6.07, 6.45) is 0. The van der Waals surface area contributed by atoms with Crippen molar-refractivity contribution in [1.82, 2.24) is 10.2 Å². The molecule has 3 rings (SSSR count). The van der Waals surface area contributed by atoms with E-state index in [0.717, 1.165) is 9.78 Å². The quantitative estimate of drug-likeness (QED) is 0.871. The second kappa shape index (κ2) is 5.37. The second-order valence-corrected chi connectivity index (χ2v) is 6.96. The van der Waals surface area contributed by atoms with Gasteiger partial charge in [0.05, 0.1) is 10.9 Å². The molecule has 0 radical (unpaired) electrons. The summed E-state index contributed by atoms with van der Waals surface area (Å²) in [7, 11) is 0. The van der Waals surface area contributed by atoms with Crippen molar-refractivity contribution in [3.8, 4) is 0 Å². The van der Waals surface area contributed by atoms with Gasteiger partial charge in [0.15, 0.2) is 0 Å². The van der Waals surface area contributed by atoms with Crippen LogP contribution in [0.2, 0.25) is 4.34 Å². The van der Waals surface area contributed by atoms with Crippen LogP contribution in [0.25, 0.3) is 0 Å². The van der Waals surface area contributed by atoms with Gasteiger partial charge in [0.2, 0.25) is 0 Å².